The monoisotopic (exact) mass is 174 g/mol. The molecule has 1 aliphatic rings. The molecular weight excluding hydrogens is 164 g/mol. The van der Waals surface area contributed by atoms with E-state index < -0.39 is 0 Å². The highest BCUT2D eigenvalue weighted by Crippen LogP contribution is 2.15. The molecule has 0 amide bonds. The van der Waals surface area contributed by atoms with Gasteiger partial charge in [-0.25, -0.2) is 0 Å². The van der Waals surface area contributed by atoms with E-state index >= 15 is 0 Å². The number of nitrogens with zero attached hydrogens (tertiary/aromatic N) is 1. The lowest BCUT2D eigenvalue weighted by Crippen LogP contribution is -2.29. The van der Waals surface area contributed by atoms with Crippen molar-refractivity contribution in [1.82, 2.24) is 0 Å². The van der Waals surface area contributed by atoms with Crippen LogP contribution in [0.2, 0.25) is 0 Å². The number of rotatable bonds is 1. The van der Waals surface area contributed by atoms with E-state index in [2.05, 4.69) is 17.3 Å². The molecule has 2 N–H and O–H groups in total. The van der Waals surface area contributed by atoms with Crippen molar-refractivity contribution < 1.29 is 0 Å². The molecule has 0 fully saturated rings. The van der Waals surface area contributed by atoms with Crippen molar-refractivity contribution in [2.24, 2.45) is 5.18 Å². The van der Waals surface area contributed by atoms with Gasteiger partial charge in [0.25, 0.3) is 0 Å². The van der Waals surface area contributed by atoms with Crippen LogP contribution in [0, 0.1) is 4.91 Å². The average Bonchev–Trinajstić information content (AvgIpc) is 2.19. The van der Waals surface area contributed by atoms with Crippen LogP contribution in [0.15, 0.2) is 17.3 Å². The van der Waals surface area contributed by atoms with Crippen molar-refractivity contribution in [3.63, 3.8) is 0 Å². The molecule has 0 saturated heterocycles. The minimum atomic E-state index is 0.338. The molecule has 2 rings (SSSR count). The number of nitrogen functional groups attached to an aromatic ring is 1. The predicted octanol–water partition coefficient (Wildman–Crippen LogP) is 1.02. The van der Waals surface area contributed by atoms with E-state index in [4.69, 9.17) is 5.73 Å². The molecular formula is C10H10N2O. The van der Waals surface area contributed by atoms with E-state index in [1.165, 1.54) is 0 Å². The first-order valence-corrected chi connectivity index (χ1v) is 4.25. The van der Waals surface area contributed by atoms with Crippen LogP contribution in [-0.2, 0) is 0 Å². The van der Waals surface area contributed by atoms with Crippen LogP contribution >= 0.6 is 0 Å². The summed E-state index contributed by atoms with van der Waals surface area (Å²) in [6, 6.07) is 3.55. The Morgan fingerprint density at radius 2 is 2.00 bits per heavy atom. The Hall–Kier alpha value is -1.64. The average molecular weight is 174 g/mol. The summed E-state index contributed by atoms with van der Waals surface area (Å²) >= 11 is 0. The van der Waals surface area contributed by atoms with Gasteiger partial charge >= 0.3 is 0 Å². The lowest BCUT2D eigenvalue weighted by Gasteiger charge is -2.03. The van der Waals surface area contributed by atoms with Crippen molar-refractivity contribution in [1.29, 1.82) is 0 Å². The molecule has 0 aromatic heterocycles. The number of nitroso groups, excluding NO2 is 1. The van der Waals surface area contributed by atoms with Crippen LogP contribution in [0.4, 0.5) is 11.4 Å². The Kier molecular flexibility index (Phi) is 1.85. The van der Waals surface area contributed by atoms with Crippen LogP contribution in [0.3, 0.4) is 0 Å². The highest BCUT2D eigenvalue weighted by molar-refractivity contribution is 5.65. The summed E-state index contributed by atoms with van der Waals surface area (Å²) in [4.78, 5) is 10.4. The first-order chi connectivity index (χ1) is 6.33. The largest absolute Gasteiger partial charge is 0.396 e. The van der Waals surface area contributed by atoms with E-state index in [-0.39, 0.29) is 0 Å². The van der Waals surface area contributed by atoms with E-state index in [9.17, 15) is 4.91 Å². The van der Waals surface area contributed by atoms with E-state index in [0.717, 1.165) is 23.3 Å². The fourth-order valence-electron chi connectivity index (χ4n) is 1.59. The van der Waals surface area contributed by atoms with Gasteiger partial charge in [0.15, 0.2) is 0 Å². The number of nitrogens with two attached hydrogens (primary N) is 1. The molecule has 0 unspecified atom stereocenters. The van der Waals surface area contributed by atoms with Gasteiger partial charge in [0.1, 0.15) is 5.69 Å². The minimum absolute atomic E-state index is 0.338. The van der Waals surface area contributed by atoms with Crippen LogP contribution in [0.1, 0.15) is 12.8 Å². The molecule has 0 bridgehead atoms. The number of anilines is 1. The third-order valence-electron chi connectivity index (χ3n) is 2.28. The van der Waals surface area contributed by atoms with Gasteiger partial charge in [-0.3, -0.25) is 0 Å². The molecule has 0 aliphatic heterocycles. The fourth-order valence-corrected chi connectivity index (χ4v) is 1.59. The second-order valence-corrected chi connectivity index (χ2v) is 3.08. The van der Waals surface area contributed by atoms with Gasteiger partial charge in [0, 0.05) is 5.22 Å². The first-order valence-electron chi connectivity index (χ1n) is 4.25. The molecule has 0 heterocycles. The maximum atomic E-state index is 10.4. The van der Waals surface area contributed by atoms with Crippen molar-refractivity contribution in [2.45, 2.75) is 12.8 Å². The lowest BCUT2D eigenvalue weighted by atomic mass is 10.1. The van der Waals surface area contributed by atoms with Crippen LogP contribution in [0.25, 0.3) is 12.2 Å². The topological polar surface area (TPSA) is 55.4 Å². The second-order valence-electron chi connectivity index (χ2n) is 3.08. The molecule has 1 aliphatic carbocycles. The summed E-state index contributed by atoms with van der Waals surface area (Å²) in [5.41, 5.74) is 6.61. The van der Waals surface area contributed by atoms with Gasteiger partial charge < -0.3 is 5.73 Å². The molecule has 0 atom stereocenters. The molecule has 13 heavy (non-hydrogen) atoms. The molecule has 1 aromatic rings. The summed E-state index contributed by atoms with van der Waals surface area (Å²) in [7, 11) is 0. The number of benzene rings is 1. The van der Waals surface area contributed by atoms with Crippen LogP contribution in [-0.4, -0.2) is 0 Å². The molecule has 1 aromatic carbocycles. The third-order valence-corrected chi connectivity index (χ3v) is 2.28. The zero-order chi connectivity index (χ0) is 9.26. The van der Waals surface area contributed by atoms with E-state index in [0.29, 0.717) is 11.4 Å². The third kappa shape index (κ3) is 1.22. The normalized spacial score (nSPS) is 13.8. The summed E-state index contributed by atoms with van der Waals surface area (Å²) in [6.07, 6.45) is 6.21. The molecule has 0 spiro atoms. The van der Waals surface area contributed by atoms with Crippen molar-refractivity contribution in [3.05, 3.63) is 27.5 Å². The fraction of sp³-hybridized carbons (Fsp3) is 0.200. The number of hydrogen-bond donors (Lipinski definition) is 1. The lowest BCUT2D eigenvalue weighted by molar-refractivity contribution is 1.12. The van der Waals surface area contributed by atoms with E-state index in [1.807, 2.05) is 6.07 Å². The minimum Gasteiger partial charge on any atom is -0.396 e. The standard InChI is InChI=1S/C10H10N2O/c11-10-8-4-2-1-3-7(8)5-6-9(10)12-13/h3-6H,1-2,11H2. The Morgan fingerprint density at radius 1 is 1.23 bits per heavy atom. The number of hydrogen-bond acceptors (Lipinski definition) is 3. The van der Waals surface area contributed by atoms with Gasteiger partial charge in [0.2, 0.25) is 0 Å². The van der Waals surface area contributed by atoms with Gasteiger partial charge in [-0.15, -0.1) is 4.91 Å². The highest BCUT2D eigenvalue weighted by Gasteiger charge is 2.02. The van der Waals surface area contributed by atoms with Gasteiger partial charge in [-0.2, -0.15) is 0 Å². The second kappa shape index (κ2) is 3.01. The quantitative estimate of drug-likeness (QED) is 0.510. The maximum absolute atomic E-state index is 10.4. The Bertz CT molecular complexity index is 463. The van der Waals surface area contributed by atoms with Crippen molar-refractivity contribution in [3.8, 4) is 0 Å². The van der Waals surface area contributed by atoms with Crippen molar-refractivity contribution >= 4 is 23.5 Å². The predicted molar refractivity (Wildman–Crippen MR) is 53.7 cm³/mol. The van der Waals surface area contributed by atoms with Gasteiger partial charge in [0.05, 0.1) is 5.69 Å². The smallest absolute Gasteiger partial charge is 0.131 e. The Morgan fingerprint density at radius 3 is 2.77 bits per heavy atom. The van der Waals surface area contributed by atoms with Gasteiger partial charge in [-0.05, 0) is 29.3 Å². The maximum Gasteiger partial charge on any atom is 0.131 e. The zero-order valence-corrected chi connectivity index (χ0v) is 7.16. The van der Waals surface area contributed by atoms with Crippen LogP contribution < -0.4 is 16.2 Å². The molecule has 0 saturated carbocycles. The van der Waals surface area contributed by atoms with E-state index in [1.54, 1.807) is 6.07 Å². The summed E-state index contributed by atoms with van der Waals surface area (Å²) in [5, 5.41) is 4.94. The summed E-state index contributed by atoms with van der Waals surface area (Å²) < 4.78 is 0. The summed E-state index contributed by atoms with van der Waals surface area (Å²) in [6.45, 7) is 0. The summed E-state index contributed by atoms with van der Waals surface area (Å²) in [5.74, 6) is 0. The number of fused-ring (bicyclic) bond motifs is 1. The molecule has 3 nitrogen and oxygen atoms in total. The molecule has 3 heteroatoms. The Labute approximate surface area is 75.5 Å². The van der Waals surface area contributed by atoms with Gasteiger partial charge in [-0.1, -0.05) is 18.2 Å². The van der Waals surface area contributed by atoms with Crippen LogP contribution in [0.5, 0.6) is 0 Å². The van der Waals surface area contributed by atoms with Crippen molar-refractivity contribution in [2.75, 3.05) is 5.73 Å². The SMILES string of the molecule is Nc1c(N=O)ccc2c1=CCCC=2. The zero-order valence-electron chi connectivity index (χ0n) is 7.16. The first kappa shape index (κ1) is 7.98. The molecule has 0 radical (unpaired) electrons. The highest BCUT2D eigenvalue weighted by atomic mass is 16.3. The Balaban J connectivity index is 2.84. The molecule has 66 valence electrons.